The van der Waals surface area contributed by atoms with Gasteiger partial charge in [-0.2, -0.15) is 0 Å². The Morgan fingerprint density at radius 2 is 2.22 bits per heavy atom. The van der Waals surface area contributed by atoms with Crippen LogP contribution in [0.3, 0.4) is 0 Å². The Morgan fingerprint density at radius 3 is 2.89 bits per heavy atom. The molecule has 0 atom stereocenters. The van der Waals surface area contributed by atoms with E-state index in [9.17, 15) is 14.0 Å². The number of rotatable bonds is 2. The zero-order chi connectivity index (χ0) is 13.1. The monoisotopic (exact) mass is 251 g/mol. The van der Waals surface area contributed by atoms with E-state index in [0.29, 0.717) is 24.9 Å². The van der Waals surface area contributed by atoms with E-state index < -0.39 is 5.82 Å². The van der Waals surface area contributed by atoms with Crippen molar-refractivity contribution in [2.45, 2.75) is 12.8 Å². The van der Waals surface area contributed by atoms with Crippen LogP contribution in [0.25, 0.3) is 0 Å². The number of nitrogens with zero attached hydrogens (tertiary/aromatic N) is 1. The molecule has 0 bridgehead atoms. The standard InChI is InChI=1S/C13H14FNO3/c1-18-12-7-9(4-5-11(12)14)13(17)15-6-2-3-10(16)8-15/h4-5,7H,2-3,6,8H2,1H3. The largest absolute Gasteiger partial charge is 0.494 e. The molecular formula is C13H14FNO3. The van der Waals surface area contributed by atoms with Gasteiger partial charge in [0.1, 0.15) is 0 Å². The first-order valence-corrected chi connectivity index (χ1v) is 5.76. The normalized spacial score (nSPS) is 15.7. The fraction of sp³-hybridized carbons (Fsp3) is 0.385. The maximum Gasteiger partial charge on any atom is 0.254 e. The van der Waals surface area contributed by atoms with Crippen LogP contribution in [-0.2, 0) is 4.79 Å². The molecule has 1 heterocycles. The van der Waals surface area contributed by atoms with Crippen molar-refractivity contribution in [2.24, 2.45) is 0 Å². The van der Waals surface area contributed by atoms with Gasteiger partial charge in [0, 0.05) is 18.5 Å². The Kier molecular flexibility index (Phi) is 3.60. The number of ether oxygens (including phenoxy) is 1. The third-order valence-corrected chi connectivity index (χ3v) is 2.94. The number of hydrogen-bond donors (Lipinski definition) is 0. The van der Waals surface area contributed by atoms with Crippen molar-refractivity contribution in [1.82, 2.24) is 4.90 Å². The number of amides is 1. The maximum atomic E-state index is 13.2. The summed E-state index contributed by atoms with van der Waals surface area (Å²) < 4.78 is 18.1. The molecule has 1 amide bonds. The highest BCUT2D eigenvalue weighted by Crippen LogP contribution is 2.20. The van der Waals surface area contributed by atoms with Crippen molar-refractivity contribution in [3.8, 4) is 5.75 Å². The molecule has 0 unspecified atom stereocenters. The summed E-state index contributed by atoms with van der Waals surface area (Å²) in [6.45, 7) is 0.697. The number of halogens is 1. The average Bonchev–Trinajstić information content (AvgIpc) is 2.38. The minimum absolute atomic E-state index is 0.0317. The van der Waals surface area contributed by atoms with E-state index in [0.717, 1.165) is 0 Å². The second-order valence-corrected chi connectivity index (χ2v) is 4.22. The van der Waals surface area contributed by atoms with Crippen molar-refractivity contribution in [2.75, 3.05) is 20.2 Å². The molecule has 1 aromatic carbocycles. The highest BCUT2D eigenvalue weighted by molar-refractivity contribution is 5.97. The molecule has 2 rings (SSSR count). The molecule has 5 heteroatoms. The molecule has 0 radical (unpaired) electrons. The molecule has 1 aliphatic rings. The van der Waals surface area contributed by atoms with Gasteiger partial charge in [0.25, 0.3) is 5.91 Å². The number of benzene rings is 1. The molecule has 0 aromatic heterocycles. The van der Waals surface area contributed by atoms with Crippen LogP contribution >= 0.6 is 0 Å². The van der Waals surface area contributed by atoms with Crippen LogP contribution < -0.4 is 4.74 Å². The molecule has 1 saturated heterocycles. The second-order valence-electron chi connectivity index (χ2n) is 4.22. The molecule has 0 spiro atoms. The first-order chi connectivity index (χ1) is 8.61. The molecule has 0 saturated carbocycles. The molecule has 0 N–H and O–H groups in total. The van der Waals surface area contributed by atoms with Crippen molar-refractivity contribution >= 4 is 11.7 Å². The summed E-state index contributed by atoms with van der Waals surface area (Å²) in [4.78, 5) is 24.9. The molecule has 0 aliphatic carbocycles. The first kappa shape index (κ1) is 12.5. The zero-order valence-electron chi connectivity index (χ0n) is 10.1. The Hall–Kier alpha value is -1.91. The number of piperidine rings is 1. The highest BCUT2D eigenvalue weighted by Gasteiger charge is 2.23. The minimum atomic E-state index is -0.510. The van der Waals surface area contributed by atoms with Gasteiger partial charge in [-0.25, -0.2) is 4.39 Å². The number of hydrogen-bond acceptors (Lipinski definition) is 3. The van der Waals surface area contributed by atoms with Crippen molar-refractivity contribution in [3.63, 3.8) is 0 Å². The molecule has 1 aromatic rings. The lowest BCUT2D eigenvalue weighted by Gasteiger charge is -2.25. The molecule has 18 heavy (non-hydrogen) atoms. The number of carbonyl (C=O) groups excluding carboxylic acids is 2. The minimum Gasteiger partial charge on any atom is -0.494 e. The topological polar surface area (TPSA) is 46.6 Å². The smallest absolute Gasteiger partial charge is 0.254 e. The maximum absolute atomic E-state index is 13.2. The van der Waals surface area contributed by atoms with Gasteiger partial charge in [-0.1, -0.05) is 0 Å². The number of ketones is 1. The van der Waals surface area contributed by atoms with Crippen molar-refractivity contribution in [1.29, 1.82) is 0 Å². The third kappa shape index (κ3) is 2.50. The Morgan fingerprint density at radius 1 is 1.44 bits per heavy atom. The van der Waals surface area contributed by atoms with E-state index in [1.165, 1.54) is 30.2 Å². The first-order valence-electron chi connectivity index (χ1n) is 5.76. The summed E-state index contributed by atoms with van der Waals surface area (Å²) in [5, 5.41) is 0. The summed E-state index contributed by atoms with van der Waals surface area (Å²) in [5.41, 5.74) is 0.336. The second kappa shape index (κ2) is 5.16. The Bertz CT molecular complexity index is 487. The van der Waals surface area contributed by atoms with Crippen LogP contribution in [0, 0.1) is 5.82 Å². The van der Waals surface area contributed by atoms with Gasteiger partial charge in [-0.3, -0.25) is 9.59 Å². The SMILES string of the molecule is COc1cc(C(=O)N2CCCC(=O)C2)ccc1F. The molecule has 4 nitrogen and oxygen atoms in total. The van der Waals surface area contributed by atoms with Crippen LogP contribution in [0.2, 0.25) is 0 Å². The quantitative estimate of drug-likeness (QED) is 0.802. The molecule has 1 aliphatic heterocycles. The fourth-order valence-corrected chi connectivity index (χ4v) is 1.99. The van der Waals surface area contributed by atoms with E-state index >= 15 is 0 Å². The van der Waals surface area contributed by atoms with Crippen LogP contribution in [-0.4, -0.2) is 36.8 Å². The summed E-state index contributed by atoms with van der Waals surface area (Å²) in [5.74, 6) is -0.682. The van der Waals surface area contributed by atoms with Crippen molar-refractivity contribution < 1.29 is 18.7 Å². The van der Waals surface area contributed by atoms with Gasteiger partial charge in [0.05, 0.1) is 13.7 Å². The van der Waals surface area contributed by atoms with Gasteiger partial charge in [0.2, 0.25) is 0 Å². The summed E-state index contributed by atoms with van der Waals surface area (Å²) in [6.07, 6.45) is 1.21. The van der Waals surface area contributed by atoms with Gasteiger partial charge in [-0.15, -0.1) is 0 Å². The zero-order valence-corrected chi connectivity index (χ0v) is 10.1. The number of Topliss-reactive ketones (excluding diaryl/α,β-unsaturated/α-hetero) is 1. The Labute approximate surface area is 104 Å². The Balaban J connectivity index is 2.20. The van der Waals surface area contributed by atoms with E-state index in [4.69, 9.17) is 4.74 Å². The van der Waals surface area contributed by atoms with Crippen LogP contribution in [0.5, 0.6) is 5.75 Å². The lowest BCUT2D eigenvalue weighted by atomic mass is 10.1. The summed E-state index contributed by atoms with van der Waals surface area (Å²) >= 11 is 0. The lowest BCUT2D eigenvalue weighted by Crippen LogP contribution is -2.40. The lowest BCUT2D eigenvalue weighted by molar-refractivity contribution is -0.121. The van der Waals surface area contributed by atoms with Gasteiger partial charge in [0.15, 0.2) is 17.3 Å². The van der Waals surface area contributed by atoms with Gasteiger partial charge in [-0.05, 0) is 24.6 Å². The fourth-order valence-electron chi connectivity index (χ4n) is 1.99. The van der Waals surface area contributed by atoms with Crippen LogP contribution in [0.1, 0.15) is 23.2 Å². The third-order valence-electron chi connectivity index (χ3n) is 2.94. The van der Waals surface area contributed by atoms with E-state index in [2.05, 4.69) is 0 Å². The van der Waals surface area contributed by atoms with Crippen LogP contribution in [0.15, 0.2) is 18.2 Å². The molecule has 1 fully saturated rings. The molecule has 96 valence electrons. The highest BCUT2D eigenvalue weighted by atomic mass is 19.1. The van der Waals surface area contributed by atoms with E-state index in [1.807, 2.05) is 0 Å². The number of likely N-dealkylation sites (tertiary alicyclic amines) is 1. The number of methoxy groups -OCH3 is 1. The van der Waals surface area contributed by atoms with E-state index in [-0.39, 0.29) is 24.0 Å². The molecular weight excluding hydrogens is 237 g/mol. The van der Waals surface area contributed by atoms with Gasteiger partial charge < -0.3 is 9.64 Å². The predicted octanol–water partition coefficient (Wildman–Crippen LogP) is 1.64. The predicted molar refractivity (Wildman–Crippen MR) is 63.1 cm³/mol. The number of carbonyl (C=O) groups is 2. The van der Waals surface area contributed by atoms with E-state index in [1.54, 1.807) is 0 Å². The summed E-state index contributed by atoms with van der Waals surface area (Å²) in [6, 6.07) is 3.95. The summed E-state index contributed by atoms with van der Waals surface area (Å²) in [7, 11) is 1.34. The van der Waals surface area contributed by atoms with Crippen molar-refractivity contribution in [3.05, 3.63) is 29.6 Å². The average molecular weight is 251 g/mol. The van der Waals surface area contributed by atoms with Gasteiger partial charge >= 0.3 is 0 Å². The van der Waals surface area contributed by atoms with Crippen LogP contribution in [0.4, 0.5) is 4.39 Å².